The summed E-state index contributed by atoms with van der Waals surface area (Å²) in [5, 5.41) is 6.98. The van der Waals surface area contributed by atoms with Gasteiger partial charge in [0.1, 0.15) is 0 Å². The molecule has 0 bridgehead atoms. The van der Waals surface area contributed by atoms with Crippen LogP contribution in [0.3, 0.4) is 0 Å². The molecule has 1 fully saturated rings. The van der Waals surface area contributed by atoms with E-state index < -0.39 is 0 Å². The Morgan fingerprint density at radius 3 is 2.82 bits per heavy atom. The number of hydrogen-bond acceptors (Lipinski definition) is 2. The molecule has 17 heavy (non-hydrogen) atoms. The van der Waals surface area contributed by atoms with Crippen LogP contribution in [0.1, 0.15) is 29.6 Å². The second-order valence-electron chi connectivity index (χ2n) is 4.34. The monoisotopic (exact) mass is 252 g/mol. The molecule has 1 aromatic carbocycles. The highest BCUT2D eigenvalue weighted by Crippen LogP contribution is 2.10. The van der Waals surface area contributed by atoms with E-state index in [1.54, 1.807) is 24.3 Å². The van der Waals surface area contributed by atoms with Crippen LogP contribution in [0.2, 0.25) is 5.02 Å². The summed E-state index contributed by atoms with van der Waals surface area (Å²) in [5.41, 5.74) is 0.661. The van der Waals surface area contributed by atoms with E-state index in [4.69, 9.17) is 11.6 Å². The third-order valence-corrected chi connectivity index (χ3v) is 3.30. The summed E-state index contributed by atoms with van der Waals surface area (Å²) in [6, 6.07) is 7.52. The van der Waals surface area contributed by atoms with Crippen molar-refractivity contribution in [3.05, 3.63) is 34.9 Å². The Morgan fingerprint density at radius 2 is 2.18 bits per heavy atom. The Labute approximate surface area is 107 Å². The van der Waals surface area contributed by atoms with Crippen LogP contribution in [0.15, 0.2) is 24.3 Å². The van der Waals surface area contributed by atoms with Gasteiger partial charge in [-0.25, -0.2) is 0 Å². The van der Waals surface area contributed by atoms with E-state index in [2.05, 4.69) is 10.6 Å². The first-order chi connectivity index (χ1) is 8.25. The second kappa shape index (κ2) is 6.03. The Hall–Kier alpha value is -1.06. The number of amides is 1. The lowest BCUT2D eigenvalue weighted by molar-refractivity contribution is 0.0952. The minimum absolute atomic E-state index is 0.0281. The van der Waals surface area contributed by atoms with Gasteiger partial charge in [0, 0.05) is 23.2 Å². The smallest absolute Gasteiger partial charge is 0.251 e. The summed E-state index contributed by atoms with van der Waals surface area (Å²) >= 11 is 5.77. The van der Waals surface area contributed by atoms with E-state index in [0.29, 0.717) is 16.6 Å². The molecule has 4 heteroatoms. The molecule has 1 aliphatic rings. The molecular formula is C13H17ClN2O. The number of rotatable bonds is 4. The number of benzene rings is 1. The molecule has 0 unspecified atom stereocenters. The maximum absolute atomic E-state index is 11.8. The number of carbonyl (C=O) groups excluding carboxylic acids is 1. The fourth-order valence-corrected chi connectivity index (χ4v) is 2.19. The van der Waals surface area contributed by atoms with Crippen molar-refractivity contribution in [3.63, 3.8) is 0 Å². The molecular weight excluding hydrogens is 236 g/mol. The van der Waals surface area contributed by atoms with Gasteiger partial charge in [0.25, 0.3) is 5.91 Å². The standard InChI is InChI=1S/C13H17ClN2O/c14-11-5-3-10(4-6-11)13(17)16-9-7-12-2-1-8-15-12/h3-6,12,15H,1-2,7-9H2,(H,16,17)/t12-/m1/s1. The molecule has 0 aromatic heterocycles. The zero-order chi connectivity index (χ0) is 12.1. The topological polar surface area (TPSA) is 41.1 Å². The molecule has 0 aliphatic carbocycles. The van der Waals surface area contributed by atoms with Crippen molar-refractivity contribution < 1.29 is 4.79 Å². The molecule has 1 saturated heterocycles. The first kappa shape index (κ1) is 12.4. The molecule has 1 aromatic rings. The molecule has 0 spiro atoms. The Morgan fingerprint density at radius 1 is 1.41 bits per heavy atom. The highest BCUT2D eigenvalue weighted by molar-refractivity contribution is 6.30. The zero-order valence-electron chi connectivity index (χ0n) is 9.71. The van der Waals surface area contributed by atoms with Crippen LogP contribution < -0.4 is 10.6 Å². The van der Waals surface area contributed by atoms with Gasteiger partial charge >= 0.3 is 0 Å². The third kappa shape index (κ3) is 3.72. The highest BCUT2D eigenvalue weighted by atomic mass is 35.5. The van der Waals surface area contributed by atoms with Gasteiger partial charge in [0.05, 0.1) is 0 Å². The fourth-order valence-electron chi connectivity index (χ4n) is 2.07. The van der Waals surface area contributed by atoms with Gasteiger partial charge in [0.15, 0.2) is 0 Å². The lowest BCUT2D eigenvalue weighted by Crippen LogP contribution is -2.30. The number of carbonyl (C=O) groups is 1. The van der Waals surface area contributed by atoms with Crippen LogP contribution in [0.25, 0.3) is 0 Å². The zero-order valence-corrected chi connectivity index (χ0v) is 10.5. The van der Waals surface area contributed by atoms with Gasteiger partial charge < -0.3 is 10.6 Å². The summed E-state index contributed by atoms with van der Waals surface area (Å²) in [6.45, 7) is 1.83. The first-order valence-corrected chi connectivity index (χ1v) is 6.40. The van der Waals surface area contributed by atoms with Crippen molar-refractivity contribution in [1.82, 2.24) is 10.6 Å². The number of nitrogens with one attached hydrogen (secondary N) is 2. The average molecular weight is 253 g/mol. The van der Waals surface area contributed by atoms with E-state index in [9.17, 15) is 4.79 Å². The van der Waals surface area contributed by atoms with Crippen molar-refractivity contribution in [3.8, 4) is 0 Å². The van der Waals surface area contributed by atoms with Crippen LogP contribution in [0.4, 0.5) is 0 Å². The Balaban J connectivity index is 1.75. The summed E-state index contributed by atoms with van der Waals surface area (Å²) in [7, 11) is 0. The molecule has 0 radical (unpaired) electrons. The number of hydrogen-bond donors (Lipinski definition) is 2. The second-order valence-corrected chi connectivity index (χ2v) is 4.78. The van der Waals surface area contributed by atoms with Crippen LogP contribution in [0, 0.1) is 0 Å². The maximum Gasteiger partial charge on any atom is 0.251 e. The highest BCUT2D eigenvalue weighted by Gasteiger charge is 2.13. The summed E-state index contributed by atoms with van der Waals surface area (Å²) in [4.78, 5) is 11.8. The SMILES string of the molecule is O=C(NCC[C@H]1CCCN1)c1ccc(Cl)cc1. The van der Waals surface area contributed by atoms with E-state index in [-0.39, 0.29) is 5.91 Å². The predicted octanol–water partition coefficient (Wildman–Crippen LogP) is 2.21. The van der Waals surface area contributed by atoms with Crippen molar-refractivity contribution in [1.29, 1.82) is 0 Å². The van der Waals surface area contributed by atoms with E-state index in [1.165, 1.54) is 12.8 Å². The van der Waals surface area contributed by atoms with E-state index >= 15 is 0 Å². The minimum atomic E-state index is -0.0281. The third-order valence-electron chi connectivity index (χ3n) is 3.05. The van der Waals surface area contributed by atoms with Gasteiger partial charge in [-0.1, -0.05) is 11.6 Å². The summed E-state index contributed by atoms with van der Waals surface area (Å²) < 4.78 is 0. The van der Waals surface area contributed by atoms with E-state index in [1.807, 2.05) is 0 Å². The van der Waals surface area contributed by atoms with Crippen molar-refractivity contribution in [2.75, 3.05) is 13.1 Å². The molecule has 0 saturated carbocycles. The Bertz CT molecular complexity index is 372. The lowest BCUT2D eigenvalue weighted by Gasteiger charge is -2.10. The largest absolute Gasteiger partial charge is 0.352 e. The van der Waals surface area contributed by atoms with Crippen molar-refractivity contribution >= 4 is 17.5 Å². The molecule has 1 heterocycles. The van der Waals surface area contributed by atoms with Crippen molar-refractivity contribution in [2.24, 2.45) is 0 Å². The number of halogens is 1. The predicted molar refractivity (Wildman–Crippen MR) is 69.4 cm³/mol. The van der Waals surface area contributed by atoms with Crippen LogP contribution in [0.5, 0.6) is 0 Å². The van der Waals surface area contributed by atoms with Crippen LogP contribution >= 0.6 is 11.6 Å². The quantitative estimate of drug-likeness (QED) is 0.863. The van der Waals surface area contributed by atoms with Gasteiger partial charge in [0.2, 0.25) is 0 Å². The van der Waals surface area contributed by atoms with E-state index in [0.717, 1.165) is 19.5 Å². The molecule has 2 rings (SSSR count). The van der Waals surface area contributed by atoms with Crippen LogP contribution in [-0.4, -0.2) is 25.0 Å². The van der Waals surface area contributed by atoms with Gasteiger partial charge in [-0.3, -0.25) is 4.79 Å². The van der Waals surface area contributed by atoms with Gasteiger partial charge in [-0.2, -0.15) is 0 Å². The first-order valence-electron chi connectivity index (χ1n) is 6.03. The van der Waals surface area contributed by atoms with Crippen molar-refractivity contribution in [2.45, 2.75) is 25.3 Å². The van der Waals surface area contributed by atoms with Gasteiger partial charge in [-0.05, 0) is 50.1 Å². The molecule has 92 valence electrons. The molecule has 1 atom stereocenters. The minimum Gasteiger partial charge on any atom is -0.352 e. The molecule has 3 nitrogen and oxygen atoms in total. The lowest BCUT2D eigenvalue weighted by atomic mass is 10.1. The van der Waals surface area contributed by atoms with Gasteiger partial charge in [-0.15, -0.1) is 0 Å². The summed E-state index contributed by atoms with van der Waals surface area (Å²) in [5.74, 6) is -0.0281. The maximum atomic E-state index is 11.8. The average Bonchev–Trinajstić information content (AvgIpc) is 2.83. The molecule has 1 amide bonds. The van der Waals surface area contributed by atoms with Crippen LogP contribution in [-0.2, 0) is 0 Å². The summed E-state index contributed by atoms with van der Waals surface area (Å²) in [6.07, 6.45) is 3.46. The molecule has 1 aliphatic heterocycles. The molecule has 2 N–H and O–H groups in total. The fraction of sp³-hybridized carbons (Fsp3) is 0.462. The normalized spacial score (nSPS) is 19.2. The Kier molecular flexibility index (Phi) is 4.40.